The van der Waals surface area contributed by atoms with Gasteiger partial charge in [0.2, 0.25) is 0 Å². The topological polar surface area (TPSA) is 21.3 Å². The number of ether oxygens (including phenoxy) is 1. The molecule has 0 amide bonds. The van der Waals surface area contributed by atoms with Gasteiger partial charge in [-0.2, -0.15) is 0 Å². The first-order valence-corrected chi connectivity index (χ1v) is 7.93. The Morgan fingerprint density at radius 1 is 1.33 bits per heavy atom. The minimum atomic E-state index is -0.188. The first-order valence-electron chi connectivity index (χ1n) is 7.93. The standard InChI is InChI=1S/C18H28FNO/c1-18(2)9-8-14(12-20-3)15(11-18)10-13-6-5-7-16(21-4)17(13)19/h5-7,14-15,20H,8-12H2,1-4H3. The van der Waals surface area contributed by atoms with E-state index >= 15 is 0 Å². The molecule has 2 atom stereocenters. The molecule has 2 rings (SSSR count). The van der Waals surface area contributed by atoms with Gasteiger partial charge < -0.3 is 10.1 Å². The second-order valence-corrected chi connectivity index (χ2v) is 7.12. The van der Waals surface area contributed by atoms with E-state index < -0.39 is 0 Å². The Balaban J connectivity index is 2.18. The lowest BCUT2D eigenvalue weighted by atomic mass is 9.65. The maximum Gasteiger partial charge on any atom is 0.168 e. The fourth-order valence-corrected chi connectivity index (χ4v) is 3.71. The van der Waals surface area contributed by atoms with Gasteiger partial charge >= 0.3 is 0 Å². The largest absolute Gasteiger partial charge is 0.494 e. The molecule has 1 saturated carbocycles. The average molecular weight is 293 g/mol. The van der Waals surface area contributed by atoms with E-state index in [-0.39, 0.29) is 5.82 Å². The summed E-state index contributed by atoms with van der Waals surface area (Å²) in [5.41, 5.74) is 1.16. The number of methoxy groups -OCH3 is 1. The average Bonchev–Trinajstić information content (AvgIpc) is 2.44. The van der Waals surface area contributed by atoms with Crippen LogP contribution in [0.1, 0.15) is 38.7 Å². The molecule has 1 N–H and O–H groups in total. The first kappa shape index (κ1) is 16.3. The van der Waals surface area contributed by atoms with Crippen molar-refractivity contribution in [3.05, 3.63) is 29.6 Å². The van der Waals surface area contributed by atoms with E-state index in [1.165, 1.54) is 20.0 Å². The Morgan fingerprint density at radius 3 is 2.76 bits per heavy atom. The van der Waals surface area contributed by atoms with E-state index in [2.05, 4.69) is 19.2 Å². The highest BCUT2D eigenvalue weighted by atomic mass is 19.1. The number of rotatable bonds is 5. The Hall–Kier alpha value is -1.09. The summed E-state index contributed by atoms with van der Waals surface area (Å²) in [7, 11) is 3.53. The van der Waals surface area contributed by atoms with E-state index in [0.717, 1.165) is 24.9 Å². The van der Waals surface area contributed by atoms with Crippen molar-refractivity contribution in [3.8, 4) is 5.75 Å². The number of benzene rings is 1. The number of hydrogen-bond acceptors (Lipinski definition) is 2. The van der Waals surface area contributed by atoms with Crippen LogP contribution in [-0.4, -0.2) is 20.7 Å². The molecule has 1 aliphatic rings. The molecule has 118 valence electrons. The lowest BCUT2D eigenvalue weighted by Gasteiger charge is -2.41. The van der Waals surface area contributed by atoms with Crippen molar-refractivity contribution in [1.82, 2.24) is 5.32 Å². The highest BCUT2D eigenvalue weighted by Gasteiger charge is 2.34. The predicted octanol–water partition coefficient (Wildman–Crippen LogP) is 4.04. The first-order chi connectivity index (χ1) is 9.96. The Kier molecular flexibility index (Phi) is 5.26. The van der Waals surface area contributed by atoms with Crippen LogP contribution in [0.5, 0.6) is 5.75 Å². The molecule has 21 heavy (non-hydrogen) atoms. The summed E-state index contributed by atoms with van der Waals surface area (Å²) in [5, 5.41) is 3.30. The highest BCUT2D eigenvalue weighted by molar-refractivity contribution is 5.31. The molecule has 0 heterocycles. The van der Waals surface area contributed by atoms with Gasteiger partial charge in [-0.3, -0.25) is 0 Å². The summed E-state index contributed by atoms with van der Waals surface area (Å²) >= 11 is 0. The van der Waals surface area contributed by atoms with Crippen molar-refractivity contribution in [1.29, 1.82) is 0 Å². The summed E-state index contributed by atoms with van der Waals surface area (Å²) in [5.74, 6) is 1.33. The molecule has 1 aromatic carbocycles. The maximum absolute atomic E-state index is 14.4. The van der Waals surface area contributed by atoms with Crippen LogP contribution in [-0.2, 0) is 6.42 Å². The number of hydrogen-bond donors (Lipinski definition) is 1. The molecule has 0 spiro atoms. The Labute approximate surface area is 128 Å². The summed E-state index contributed by atoms with van der Waals surface area (Å²) < 4.78 is 19.5. The van der Waals surface area contributed by atoms with Crippen LogP contribution in [0.4, 0.5) is 4.39 Å². The zero-order chi connectivity index (χ0) is 15.5. The molecule has 0 aromatic heterocycles. The highest BCUT2D eigenvalue weighted by Crippen LogP contribution is 2.43. The molecule has 0 saturated heterocycles. The van der Waals surface area contributed by atoms with Crippen LogP contribution in [0.2, 0.25) is 0 Å². The molecule has 1 fully saturated rings. The Morgan fingerprint density at radius 2 is 2.10 bits per heavy atom. The van der Waals surface area contributed by atoms with Crippen molar-refractivity contribution in [2.75, 3.05) is 20.7 Å². The zero-order valence-electron chi connectivity index (χ0n) is 13.7. The molecule has 1 aliphatic carbocycles. The second-order valence-electron chi connectivity index (χ2n) is 7.12. The molecule has 1 aromatic rings. The fourth-order valence-electron chi connectivity index (χ4n) is 3.71. The quantitative estimate of drug-likeness (QED) is 0.884. The molecule has 2 nitrogen and oxygen atoms in total. The number of nitrogens with one attached hydrogen (secondary N) is 1. The van der Waals surface area contributed by atoms with E-state index in [0.29, 0.717) is 23.0 Å². The fraction of sp³-hybridized carbons (Fsp3) is 0.667. The van der Waals surface area contributed by atoms with Gasteiger partial charge in [-0.05, 0) is 68.2 Å². The number of halogens is 1. The molecule has 3 heteroatoms. The van der Waals surface area contributed by atoms with Gasteiger partial charge in [0.25, 0.3) is 0 Å². The van der Waals surface area contributed by atoms with Crippen LogP contribution in [0.3, 0.4) is 0 Å². The zero-order valence-corrected chi connectivity index (χ0v) is 13.7. The molecule has 0 radical (unpaired) electrons. The van der Waals surface area contributed by atoms with E-state index in [1.54, 1.807) is 6.07 Å². The second kappa shape index (κ2) is 6.78. The van der Waals surface area contributed by atoms with Gasteiger partial charge in [0.15, 0.2) is 11.6 Å². The van der Waals surface area contributed by atoms with Crippen molar-refractivity contribution >= 4 is 0 Å². The normalized spacial score (nSPS) is 24.8. The minimum absolute atomic E-state index is 0.188. The van der Waals surface area contributed by atoms with E-state index in [9.17, 15) is 4.39 Å². The third-order valence-electron chi connectivity index (χ3n) is 4.88. The monoisotopic (exact) mass is 293 g/mol. The van der Waals surface area contributed by atoms with Gasteiger partial charge in [0.05, 0.1) is 7.11 Å². The van der Waals surface area contributed by atoms with Crippen molar-refractivity contribution in [2.45, 2.75) is 39.5 Å². The SMILES string of the molecule is CNCC1CCC(C)(C)CC1Cc1cccc(OC)c1F. The van der Waals surface area contributed by atoms with Crippen LogP contribution in [0.15, 0.2) is 18.2 Å². The summed E-state index contributed by atoms with van der Waals surface area (Å²) in [4.78, 5) is 0. The van der Waals surface area contributed by atoms with Gasteiger partial charge in [0, 0.05) is 0 Å². The smallest absolute Gasteiger partial charge is 0.168 e. The van der Waals surface area contributed by atoms with E-state index in [1.807, 2.05) is 19.2 Å². The van der Waals surface area contributed by atoms with E-state index in [4.69, 9.17) is 4.74 Å². The van der Waals surface area contributed by atoms with Crippen LogP contribution < -0.4 is 10.1 Å². The molecular weight excluding hydrogens is 265 g/mol. The lowest BCUT2D eigenvalue weighted by Crippen LogP contribution is -2.36. The molecule has 0 bridgehead atoms. The maximum atomic E-state index is 14.4. The third-order valence-corrected chi connectivity index (χ3v) is 4.88. The van der Waals surface area contributed by atoms with Crippen LogP contribution in [0.25, 0.3) is 0 Å². The summed E-state index contributed by atoms with van der Waals surface area (Å²) in [6.45, 7) is 5.68. The van der Waals surface area contributed by atoms with Gasteiger partial charge in [-0.1, -0.05) is 26.0 Å². The molecular formula is C18H28FNO. The predicted molar refractivity (Wildman–Crippen MR) is 85.2 cm³/mol. The van der Waals surface area contributed by atoms with Crippen molar-refractivity contribution in [2.24, 2.45) is 17.3 Å². The molecule has 2 unspecified atom stereocenters. The van der Waals surface area contributed by atoms with Crippen molar-refractivity contribution < 1.29 is 9.13 Å². The molecule has 0 aliphatic heterocycles. The summed E-state index contributed by atoms with van der Waals surface area (Å²) in [6.07, 6.45) is 4.45. The van der Waals surface area contributed by atoms with Crippen LogP contribution in [0, 0.1) is 23.1 Å². The minimum Gasteiger partial charge on any atom is -0.494 e. The van der Waals surface area contributed by atoms with Gasteiger partial charge in [-0.25, -0.2) is 4.39 Å². The Bertz CT molecular complexity index is 472. The van der Waals surface area contributed by atoms with Gasteiger partial charge in [0.1, 0.15) is 0 Å². The van der Waals surface area contributed by atoms with Crippen molar-refractivity contribution in [3.63, 3.8) is 0 Å². The van der Waals surface area contributed by atoms with Crippen LogP contribution >= 0.6 is 0 Å². The lowest BCUT2D eigenvalue weighted by molar-refractivity contribution is 0.116. The summed E-state index contributed by atoms with van der Waals surface area (Å²) in [6, 6.07) is 5.48. The van der Waals surface area contributed by atoms with Gasteiger partial charge in [-0.15, -0.1) is 0 Å². The third kappa shape index (κ3) is 3.97.